The zero-order valence-corrected chi connectivity index (χ0v) is 16.8. The molecule has 1 unspecified atom stereocenters. The minimum absolute atomic E-state index is 0.00679. The molecule has 27 heavy (non-hydrogen) atoms. The smallest absolute Gasteiger partial charge is 0.226 e. The van der Waals surface area contributed by atoms with Gasteiger partial charge in [0.25, 0.3) is 0 Å². The van der Waals surface area contributed by atoms with Crippen LogP contribution in [0.25, 0.3) is 0 Å². The van der Waals surface area contributed by atoms with E-state index in [2.05, 4.69) is 28.4 Å². The van der Waals surface area contributed by atoms with Gasteiger partial charge in [0.15, 0.2) is 6.29 Å². The second-order valence-electron chi connectivity index (χ2n) is 7.98. The predicted molar refractivity (Wildman–Crippen MR) is 108 cm³/mol. The van der Waals surface area contributed by atoms with Crippen molar-refractivity contribution < 1.29 is 14.3 Å². The maximum absolute atomic E-state index is 12.0. The van der Waals surface area contributed by atoms with Crippen LogP contribution >= 0.6 is 0 Å². The molecule has 2 aliphatic rings. The number of ether oxygens (including phenoxy) is 2. The largest absolute Gasteiger partial charge is 0.350 e. The summed E-state index contributed by atoms with van der Waals surface area (Å²) in [6.45, 7) is 7.59. The third-order valence-corrected chi connectivity index (χ3v) is 5.50. The highest BCUT2D eigenvalue weighted by Crippen LogP contribution is 2.32. The monoisotopic (exact) mass is 374 g/mol. The maximum atomic E-state index is 12.0. The topological polar surface area (TPSA) is 50.8 Å². The normalized spacial score (nSPS) is 21.7. The number of rotatable bonds is 8. The highest BCUT2D eigenvalue weighted by atomic mass is 16.7. The number of likely N-dealkylation sites (tertiary alicyclic amines) is 1. The molecule has 5 heteroatoms. The van der Waals surface area contributed by atoms with Crippen molar-refractivity contribution in [3.05, 3.63) is 29.8 Å². The van der Waals surface area contributed by atoms with E-state index in [1.54, 1.807) is 0 Å². The van der Waals surface area contributed by atoms with Crippen LogP contribution in [0.15, 0.2) is 24.3 Å². The van der Waals surface area contributed by atoms with Crippen LogP contribution in [0.2, 0.25) is 0 Å². The Morgan fingerprint density at radius 2 is 2.04 bits per heavy atom. The van der Waals surface area contributed by atoms with Gasteiger partial charge < -0.3 is 14.8 Å². The van der Waals surface area contributed by atoms with Crippen molar-refractivity contribution in [3.8, 4) is 0 Å². The van der Waals surface area contributed by atoms with Crippen LogP contribution < -0.4 is 5.32 Å². The molecule has 0 radical (unpaired) electrons. The van der Waals surface area contributed by atoms with Gasteiger partial charge in [0.05, 0.1) is 13.2 Å². The Kier molecular flexibility index (Phi) is 7.68. The maximum Gasteiger partial charge on any atom is 0.226 e. The Labute approximate surface area is 163 Å². The van der Waals surface area contributed by atoms with Gasteiger partial charge in [-0.1, -0.05) is 32.4 Å². The van der Waals surface area contributed by atoms with E-state index in [4.69, 9.17) is 9.47 Å². The number of nitrogens with one attached hydrogen (secondary N) is 1. The fourth-order valence-electron chi connectivity index (χ4n) is 3.95. The van der Waals surface area contributed by atoms with Crippen molar-refractivity contribution in [2.45, 2.75) is 64.7 Å². The number of hydrogen-bond acceptors (Lipinski definition) is 4. The summed E-state index contributed by atoms with van der Waals surface area (Å²) >= 11 is 0. The molecule has 0 bridgehead atoms. The van der Waals surface area contributed by atoms with Crippen molar-refractivity contribution in [3.63, 3.8) is 0 Å². The standard InChI is InChI=1S/C22H34N2O3/c1-17(2)22(25)23-19-9-7-8-18(16-19)20-10-3-5-12-24(20)13-6-4-11-21-26-14-15-27-21/h7-9,16-17,20-21H,3-6,10-15H2,1-2H3,(H,23,25). The van der Waals surface area contributed by atoms with Crippen molar-refractivity contribution >= 4 is 11.6 Å². The van der Waals surface area contributed by atoms with Crippen LogP contribution in [0.5, 0.6) is 0 Å². The second kappa shape index (κ2) is 10.2. The zero-order chi connectivity index (χ0) is 19.1. The van der Waals surface area contributed by atoms with Gasteiger partial charge in [-0.3, -0.25) is 9.69 Å². The van der Waals surface area contributed by atoms with Gasteiger partial charge in [-0.05, 0) is 62.9 Å². The third-order valence-electron chi connectivity index (χ3n) is 5.50. The van der Waals surface area contributed by atoms with E-state index in [1.807, 2.05) is 19.9 Å². The molecular weight excluding hydrogens is 340 g/mol. The molecule has 3 rings (SSSR count). The molecule has 5 nitrogen and oxygen atoms in total. The zero-order valence-electron chi connectivity index (χ0n) is 16.8. The Bertz CT molecular complexity index is 599. The molecule has 1 aromatic rings. The number of benzene rings is 1. The number of anilines is 1. The Hall–Kier alpha value is -1.43. The van der Waals surface area contributed by atoms with Gasteiger partial charge in [0.2, 0.25) is 5.91 Å². The highest BCUT2D eigenvalue weighted by molar-refractivity contribution is 5.92. The number of amides is 1. The van der Waals surface area contributed by atoms with E-state index in [0.29, 0.717) is 6.04 Å². The summed E-state index contributed by atoms with van der Waals surface area (Å²) in [5.74, 6) is 0.0664. The molecule has 2 saturated heterocycles. The first-order valence-corrected chi connectivity index (χ1v) is 10.5. The van der Waals surface area contributed by atoms with E-state index in [9.17, 15) is 4.79 Å². The predicted octanol–water partition coefficient (Wildman–Crippen LogP) is 4.35. The van der Waals surface area contributed by atoms with Crippen LogP contribution in [-0.4, -0.2) is 43.4 Å². The molecule has 1 N–H and O–H groups in total. The lowest BCUT2D eigenvalue weighted by Crippen LogP contribution is -2.34. The number of carbonyl (C=O) groups is 1. The van der Waals surface area contributed by atoms with E-state index in [0.717, 1.165) is 44.8 Å². The van der Waals surface area contributed by atoms with Gasteiger partial charge in [0, 0.05) is 17.6 Å². The molecule has 1 amide bonds. The summed E-state index contributed by atoms with van der Waals surface area (Å²) in [4.78, 5) is 14.6. The van der Waals surface area contributed by atoms with Crippen LogP contribution in [-0.2, 0) is 14.3 Å². The van der Waals surface area contributed by atoms with Gasteiger partial charge in [-0.2, -0.15) is 0 Å². The second-order valence-corrected chi connectivity index (χ2v) is 7.98. The van der Waals surface area contributed by atoms with Crippen LogP contribution in [0.4, 0.5) is 5.69 Å². The SMILES string of the molecule is CC(C)C(=O)Nc1cccc(C2CCCCN2CCCCC2OCCO2)c1. The minimum Gasteiger partial charge on any atom is -0.350 e. The molecule has 2 aliphatic heterocycles. The quantitative estimate of drug-likeness (QED) is 0.687. The van der Waals surface area contributed by atoms with E-state index < -0.39 is 0 Å². The molecule has 0 aliphatic carbocycles. The average Bonchev–Trinajstić information content (AvgIpc) is 3.19. The summed E-state index contributed by atoms with van der Waals surface area (Å²) in [6, 6.07) is 8.86. The van der Waals surface area contributed by atoms with Gasteiger partial charge in [-0.15, -0.1) is 0 Å². The van der Waals surface area contributed by atoms with Crippen molar-refractivity contribution in [1.29, 1.82) is 0 Å². The molecule has 0 aromatic heterocycles. The van der Waals surface area contributed by atoms with Crippen molar-refractivity contribution in [2.24, 2.45) is 5.92 Å². The Morgan fingerprint density at radius 1 is 1.22 bits per heavy atom. The highest BCUT2D eigenvalue weighted by Gasteiger charge is 2.24. The van der Waals surface area contributed by atoms with Gasteiger partial charge in [-0.25, -0.2) is 0 Å². The average molecular weight is 375 g/mol. The molecule has 0 saturated carbocycles. The summed E-state index contributed by atoms with van der Waals surface area (Å²) in [5.41, 5.74) is 2.23. The molecule has 2 fully saturated rings. The molecule has 1 atom stereocenters. The molecule has 1 aromatic carbocycles. The first-order valence-electron chi connectivity index (χ1n) is 10.5. The summed E-state index contributed by atoms with van der Waals surface area (Å²) in [6.07, 6.45) is 7.05. The van der Waals surface area contributed by atoms with Gasteiger partial charge in [0.1, 0.15) is 0 Å². The first-order chi connectivity index (χ1) is 13.1. The van der Waals surface area contributed by atoms with Gasteiger partial charge >= 0.3 is 0 Å². The molecular formula is C22H34N2O3. The number of nitrogens with zero attached hydrogens (tertiary/aromatic N) is 1. The lowest BCUT2D eigenvalue weighted by molar-refractivity contribution is -0.118. The summed E-state index contributed by atoms with van der Waals surface area (Å²) in [7, 11) is 0. The Balaban J connectivity index is 1.55. The first kappa shape index (κ1) is 20.3. The number of piperidine rings is 1. The lowest BCUT2D eigenvalue weighted by Gasteiger charge is -2.36. The lowest BCUT2D eigenvalue weighted by atomic mass is 9.94. The number of hydrogen-bond donors (Lipinski definition) is 1. The van der Waals surface area contributed by atoms with Crippen molar-refractivity contribution in [2.75, 3.05) is 31.6 Å². The summed E-state index contributed by atoms with van der Waals surface area (Å²) < 4.78 is 11.1. The summed E-state index contributed by atoms with van der Waals surface area (Å²) in [5, 5.41) is 3.03. The molecule has 2 heterocycles. The van der Waals surface area contributed by atoms with Crippen LogP contribution in [0.3, 0.4) is 0 Å². The molecule has 150 valence electrons. The fourth-order valence-corrected chi connectivity index (χ4v) is 3.95. The third kappa shape index (κ3) is 6.03. The fraction of sp³-hybridized carbons (Fsp3) is 0.682. The van der Waals surface area contributed by atoms with E-state index >= 15 is 0 Å². The minimum atomic E-state index is -0.00679. The van der Waals surface area contributed by atoms with E-state index in [-0.39, 0.29) is 18.1 Å². The molecule has 0 spiro atoms. The van der Waals surface area contributed by atoms with E-state index in [1.165, 1.54) is 31.2 Å². The number of unbranched alkanes of at least 4 members (excludes halogenated alkanes) is 1. The van der Waals surface area contributed by atoms with Crippen LogP contribution in [0, 0.1) is 5.92 Å². The van der Waals surface area contributed by atoms with Crippen molar-refractivity contribution in [1.82, 2.24) is 4.90 Å². The number of carbonyl (C=O) groups excluding carboxylic acids is 1. The van der Waals surface area contributed by atoms with Crippen LogP contribution in [0.1, 0.15) is 64.0 Å². The Morgan fingerprint density at radius 3 is 2.81 bits per heavy atom.